The van der Waals surface area contributed by atoms with Crippen LogP contribution in [0.2, 0.25) is 5.02 Å². The number of allylic oxidation sites excluding steroid dienone is 1. The van der Waals surface area contributed by atoms with Crippen molar-refractivity contribution in [1.29, 1.82) is 0 Å². The van der Waals surface area contributed by atoms with Gasteiger partial charge >= 0.3 is 0 Å². The predicted octanol–water partition coefficient (Wildman–Crippen LogP) is 5.76. The van der Waals surface area contributed by atoms with E-state index in [-0.39, 0.29) is 16.9 Å². The van der Waals surface area contributed by atoms with Crippen LogP contribution in [0.3, 0.4) is 0 Å². The third-order valence-electron chi connectivity index (χ3n) is 7.28. The molecule has 1 amide bonds. The number of aromatic nitrogens is 2. The van der Waals surface area contributed by atoms with Crippen molar-refractivity contribution in [2.45, 2.75) is 39.0 Å². The Bertz CT molecular complexity index is 1510. The van der Waals surface area contributed by atoms with Crippen molar-refractivity contribution in [3.05, 3.63) is 98.6 Å². The quantitative estimate of drug-likeness (QED) is 0.364. The van der Waals surface area contributed by atoms with Crippen LogP contribution in [-0.4, -0.2) is 64.2 Å². The van der Waals surface area contributed by atoms with E-state index in [4.69, 9.17) is 37.8 Å². The Morgan fingerprint density at radius 1 is 1.12 bits per heavy atom. The van der Waals surface area contributed by atoms with Gasteiger partial charge in [0.05, 0.1) is 36.2 Å². The number of methoxy groups -OCH3 is 2. The molecule has 2 aliphatic rings. The Labute approximate surface area is 244 Å². The summed E-state index contributed by atoms with van der Waals surface area (Å²) >= 11 is 12.9. The molecule has 10 heteroatoms. The fourth-order valence-electron chi connectivity index (χ4n) is 5.45. The van der Waals surface area contributed by atoms with E-state index in [1.165, 1.54) is 0 Å². The van der Waals surface area contributed by atoms with Crippen molar-refractivity contribution in [3.63, 3.8) is 0 Å². The number of para-hydroxylation sites is 2. The number of benzene rings is 2. The first-order valence-electron chi connectivity index (χ1n) is 13.0. The number of ether oxygens (including phenoxy) is 2. The van der Waals surface area contributed by atoms with Gasteiger partial charge in [-0.1, -0.05) is 55.2 Å². The lowest BCUT2D eigenvalue weighted by Gasteiger charge is -2.35. The van der Waals surface area contributed by atoms with Crippen molar-refractivity contribution in [2.24, 2.45) is 0 Å². The van der Waals surface area contributed by atoms with Crippen LogP contribution in [-0.2, 0) is 4.74 Å². The predicted molar refractivity (Wildman–Crippen MR) is 155 cm³/mol. The second-order valence-corrected chi connectivity index (χ2v) is 11.0. The Morgan fingerprint density at radius 2 is 1.88 bits per heavy atom. The number of halogens is 2. The highest BCUT2D eigenvalue weighted by Crippen LogP contribution is 2.47. The molecule has 2 unspecified atom stereocenters. The molecule has 1 aromatic heterocycles. The molecule has 0 bridgehead atoms. The molecule has 1 N–H and O–H groups in total. The summed E-state index contributed by atoms with van der Waals surface area (Å²) in [5, 5.41) is 16.4. The van der Waals surface area contributed by atoms with E-state index in [1.807, 2.05) is 54.1 Å². The van der Waals surface area contributed by atoms with Gasteiger partial charge in [-0.15, -0.1) is 0 Å². The molecule has 0 spiro atoms. The average molecular weight is 584 g/mol. The monoisotopic (exact) mass is 582 g/mol. The number of rotatable bonds is 8. The minimum atomic E-state index is -1.03. The summed E-state index contributed by atoms with van der Waals surface area (Å²) in [5.41, 5.74) is 5.22. The number of fused-ring (bicyclic) bond motifs is 1. The lowest BCUT2D eigenvalue weighted by Crippen LogP contribution is -2.39. The zero-order valence-corrected chi connectivity index (χ0v) is 24.6. The minimum absolute atomic E-state index is 0.0171. The largest absolute Gasteiger partial charge is 0.494 e. The van der Waals surface area contributed by atoms with Gasteiger partial charge < -0.3 is 19.5 Å². The van der Waals surface area contributed by atoms with Crippen molar-refractivity contribution >= 4 is 29.1 Å². The minimum Gasteiger partial charge on any atom is -0.494 e. The first-order chi connectivity index (χ1) is 19.2. The molecule has 2 atom stereocenters. The molecule has 210 valence electrons. The van der Waals surface area contributed by atoms with E-state index >= 15 is 0 Å². The Morgan fingerprint density at radius 3 is 2.55 bits per heavy atom. The third kappa shape index (κ3) is 4.79. The maximum Gasteiger partial charge on any atom is 0.280 e. The summed E-state index contributed by atoms with van der Waals surface area (Å²) in [7, 11) is 3.21. The Kier molecular flexibility index (Phi) is 7.97. The number of amides is 1. The number of carbonyl (C=O) groups is 1. The number of hydrogen-bond acceptors (Lipinski definition) is 6. The van der Waals surface area contributed by atoms with E-state index in [2.05, 4.69) is 13.8 Å². The zero-order chi connectivity index (χ0) is 28.7. The Hall–Kier alpha value is -3.30. The van der Waals surface area contributed by atoms with E-state index < -0.39 is 12.3 Å². The lowest BCUT2D eigenvalue weighted by atomic mass is 9.91. The van der Waals surface area contributed by atoms with E-state index in [0.717, 1.165) is 28.1 Å². The molecule has 2 aromatic carbocycles. The van der Waals surface area contributed by atoms with Crippen LogP contribution in [0.15, 0.2) is 65.5 Å². The van der Waals surface area contributed by atoms with Gasteiger partial charge in [-0.2, -0.15) is 5.10 Å². The number of aliphatic hydroxyl groups excluding tert-OH is 1. The zero-order valence-electron chi connectivity index (χ0n) is 23.1. The summed E-state index contributed by atoms with van der Waals surface area (Å²) in [6.45, 7) is 6.92. The average Bonchev–Trinajstić information content (AvgIpc) is 3.44. The molecule has 2 aliphatic heterocycles. The van der Waals surface area contributed by atoms with Gasteiger partial charge in [0.2, 0.25) is 0 Å². The number of aryl methyl sites for hydroxylation is 1. The molecule has 5 rings (SSSR count). The summed E-state index contributed by atoms with van der Waals surface area (Å²) in [6, 6.07) is 12.8. The van der Waals surface area contributed by atoms with E-state index in [0.29, 0.717) is 35.3 Å². The van der Waals surface area contributed by atoms with Gasteiger partial charge in [-0.05, 0) is 54.3 Å². The smallest absolute Gasteiger partial charge is 0.280 e. The second-order valence-electron chi connectivity index (χ2n) is 10.2. The summed E-state index contributed by atoms with van der Waals surface area (Å²) in [6.07, 6.45) is 2.36. The highest BCUT2D eigenvalue weighted by Gasteiger charge is 2.46. The molecule has 3 aromatic rings. The third-order valence-corrected chi connectivity index (χ3v) is 7.81. The van der Waals surface area contributed by atoms with Crippen LogP contribution in [0, 0.1) is 6.92 Å². The normalized spacial score (nSPS) is 18.8. The van der Waals surface area contributed by atoms with Crippen molar-refractivity contribution in [1.82, 2.24) is 19.6 Å². The van der Waals surface area contributed by atoms with Crippen LogP contribution in [0.4, 0.5) is 0 Å². The molecule has 0 aliphatic carbocycles. The molecular formula is C30H32Cl2N4O4. The molecular weight excluding hydrogens is 551 g/mol. The maximum atomic E-state index is 14.3. The Balaban J connectivity index is 1.75. The summed E-state index contributed by atoms with van der Waals surface area (Å²) in [5.74, 6) is 0.407. The number of nitrogens with zero attached hydrogens (tertiary/aromatic N) is 4. The highest BCUT2D eigenvalue weighted by atomic mass is 35.5. The van der Waals surface area contributed by atoms with Gasteiger partial charge in [0, 0.05) is 30.4 Å². The topological polar surface area (TPSA) is 80.1 Å². The molecule has 40 heavy (non-hydrogen) atoms. The van der Waals surface area contributed by atoms with Gasteiger partial charge in [0.1, 0.15) is 11.4 Å². The molecule has 0 fully saturated rings. The first-order valence-corrected chi connectivity index (χ1v) is 13.8. The SMILES string of the molecule is COCCN1C=C(N2C(=O)c3nn(-c4ccccc4OC)c(C(C)C)c3C2c2ccc(Cl)cc2C)C=C(Cl)C1O. The van der Waals surface area contributed by atoms with Gasteiger partial charge in [-0.3, -0.25) is 9.69 Å². The highest BCUT2D eigenvalue weighted by molar-refractivity contribution is 6.30. The van der Waals surface area contributed by atoms with Crippen LogP contribution < -0.4 is 4.74 Å². The molecule has 0 radical (unpaired) electrons. The number of hydrogen-bond donors (Lipinski definition) is 1. The van der Waals surface area contributed by atoms with Gasteiger partial charge in [0.25, 0.3) is 5.91 Å². The van der Waals surface area contributed by atoms with Gasteiger partial charge in [-0.25, -0.2) is 4.68 Å². The number of aliphatic hydroxyl groups is 1. The summed E-state index contributed by atoms with van der Waals surface area (Å²) < 4.78 is 12.7. The molecule has 0 saturated carbocycles. The van der Waals surface area contributed by atoms with E-state index in [1.54, 1.807) is 36.3 Å². The van der Waals surface area contributed by atoms with E-state index in [9.17, 15) is 9.90 Å². The standard InChI is InChI=1S/C30H32Cl2N4O4/c1-17(2)27-25-26(33-36(27)23-8-6-7-9-24(23)40-5)30(38)35(28(25)21-11-10-19(31)14-18(21)3)20-15-22(32)29(37)34(16-20)12-13-39-4/h6-11,14-17,28-29,37H,12-13H2,1-5H3. The molecule has 3 heterocycles. The van der Waals surface area contributed by atoms with Crippen LogP contribution >= 0.6 is 23.2 Å². The van der Waals surface area contributed by atoms with Crippen LogP contribution in [0.1, 0.15) is 58.7 Å². The fourth-order valence-corrected chi connectivity index (χ4v) is 5.91. The number of carbonyl (C=O) groups excluding carboxylic acids is 1. The fraction of sp³-hybridized carbons (Fsp3) is 0.333. The van der Waals surface area contributed by atoms with Gasteiger partial charge in [0.15, 0.2) is 11.9 Å². The van der Waals surface area contributed by atoms with Crippen molar-refractivity contribution in [2.75, 3.05) is 27.4 Å². The van der Waals surface area contributed by atoms with Crippen LogP contribution in [0.5, 0.6) is 5.75 Å². The molecule has 8 nitrogen and oxygen atoms in total. The van der Waals surface area contributed by atoms with Crippen LogP contribution in [0.25, 0.3) is 5.69 Å². The van der Waals surface area contributed by atoms with Crippen molar-refractivity contribution < 1.29 is 19.4 Å². The first kappa shape index (κ1) is 28.2. The second kappa shape index (κ2) is 11.3. The van der Waals surface area contributed by atoms with Crippen molar-refractivity contribution in [3.8, 4) is 11.4 Å². The molecule has 0 saturated heterocycles. The summed E-state index contributed by atoms with van der Waals surface area (Å²) in [4.78, 5) is 17.7. The lowest BCUT2D eigenvalue weighted by molar-refractivity contribution is 0.0483. The maximum absolute atomic E-state index is 14.3.